The lowest BCUT2D eigenvalue weighted by Crippen LogP contribution is -2.34. The second-order valence-electron chi connectivity index (χ2n) is 11.0. The molecule has 10 heteroatoms. The van der Waals surface area contributed by atoms with Crippen LogP contribution in [0.2, 0.25) is 0 Å². The summed E-state index contributed by atoms with van der Waals surface area (Å²) in [6, 6.07) is 15.4. The van der Waals surface area contributed by atoms with Crippen molar-refractivity contribution in [2.75, 3.05) is 57.6 Å². The number of fused-ring (bicyclic) bond motifs is 2. The van der Waals surface area contributed by atoms with Crippen LogP contribution < -0.4 is 15.5 Å². The molecule has 2 aromatic carbocycles. The van der Waals surface area contributed by atoms with E-state index in [1.807, 2.05) is 48.5 Å². The second kappa shape index (κ2) is 20.1. The third-order valence-corrected chi connectivity index (χ3v) is 7.56. The number of nitrogens with zero attached hydrogens (tertiary/aromatic N) is 1. The Bertz CT molecular complexity index is 1370. The molecule has 3 amide bonds. The first-order valence-electron chi connectivity index (χ1n) is 16.2. The fourth-order valence-corrected chi connectivity index (χ4v) is 5.12. The van der Waals surface area contributed by atoms with Crippen molar-refractivity contribution in [1.82, 2.24) is 10.6 Å². The highest BCUT2D eigenvalue weighted by molar-refractivity contribution is 5.96. The van der Waals surface area contributed by atoms with Crippen LogP contribution in [0, 0.1) is 11.8 Å². The van der Waals surface area contributed by atoms with E-state index >= 15 is 0 Å². The Labute approximate surface area is 271 Å². The lowest BCUT2D eigenvalue weighted by molar-refractivity contribution is -0.125. The fourth-order valence-electron chi connectivity index (χ4n) is 5.12. The van der Waals surface area contributed by atoms with Crippen LogP contribution in [0.25, 0.3) is 0 Å². The van der Waals surface area contributed by atoms with Gasteiger partial charge in [-0.3, -0.25) is 9.59 Å². The molecule has 0 fully saturated rings. The summed E-state index contributed by atoms with van der Waals surface area (Å²) in [7, 11) is 0. The molecule has 0 saturated carbocycles. The van der Waals surface area contributed by atoms with Gasteiger partial charge < -0.3 is 34.5 Å². The molecular weight excluding hydrogens is 586 g/mol. The minimum atomic E-state index is -0.396. The van der Waals surface area contributed by atoms with Gasteiger partial charge in [-0.1, -0.05) is 54.3 Å². The number of carbonyl (C=O) groups excluding carboxylic acids is 3. The number of rotatable bonds is 16. The first kappa shape index (κ1) is 34.7. The summed E-state index contributed by atoms with van der Waals surface area (Å²) in [5.74, 6) is 6.06. The van der Waals surface area contributed by atoms with Crippen LogP contribution in [0.3, 0.4) is 0 Å². The van der Waals surface area contributed by atoms with E-state index in [9.17, 15) is 14.4 Å². The van der Waals surface area contributed by atoms with E-state index in [0.717, 1.165) is 54.5 Å². The van der Waals surface area contributed by atoms with Crippen LogP contribution in [0.5, 0.6) is 0 Å². The van der Waals surface area contributed by atoms with Crippen molar-refractivity contribution in [3.8, 4) is 11.8 Å². The van der Waals surface area contributed by atoms with E-state index in [1.54, 1.807) is 4.90 Å². The van der Waals surface area contributed by atoms with Gasteiger partial charge >= 0.3 is 6.09 Å². The Morgan fingerprint density at radius 2 is 1.39 bits per heavy atom. The van der Waals surface area contributed by atoms with Gasteiger partial charge in [0.05, 0.1) is 51.9 Å². The molecule has 0 saturated heterocycles. The van der Waals surface area contributed by atoms with E-state index in [1.165, 1.54) is 0 Å². The number of amides is 3. The van der Waals surface area contributed by atoms with E-state index in [4.69, 9.17) is 18.9 Å². The molecular formula is C36H45N3O7. The predicted molar refractivity (Wildman–Crippen MR) is 175 cm³/mol. The molecule has 246 valence electrons. The number of hydrogen-bond acceptors (Lipinski definition) is 7. The van der Waals surface area contributed by atoms with Crippen molar-refractivity contribution in [2.45, 2.75) is 57.6 Å². The van der Waals surface area contributed by atoms with E-state index in [0.29, 0.717) is 59.3 Å². The Kier molecular flexibility index (Phi) is 15.1. The molecule has 2 N–H and O–H groups in total. The van der Waals surface area contributed by atoms with Gasteiger partial charge in [-0.05, 0) is 55.9 Å². The van der Waals surface area contributed by atoms with Gasteiger partial charge in [-0.2, -0.15) is 0 Å². The monoisotopic (exact) mass is 631 g/mol. The average molecular weight is 632 g/mol. The van der Waals surface area contributed by atoms with Crippen LogP contribution in [0.4, 0.5) is 10.5 Å². The van der Waals surface area contributed by atoms with Crippen molar-refractivity contribution in [1.29, 1.82) is 0 Å². The molecule has 0 aromatic heterocycles. The zero-order valence-electron chi connectivity index (χ0n) is 26.5. The molecule has 1 atom stereocenters. The summed E-state index contributed by atoms with van der Waals surface area (Å²) in [4.78, 5) is 39.3. The quantitative estimate of drug-likeness (QED) is 0.159. The molecule has 1 aliphatic heterocycles. The number of nitrogens with one attached hydrogen (secondary N) is 2. The number of para-hydroxylation sites is 1. The van der Waals surface area contributed by atoms with Crippen molar-refractivity contribution < 1.29 is 33.3 Å². The Morgan fingerprint density at radius 3 is 2.20 bits per heavy atom. The van der Waals surface area contributed by atoms with Gasteiger partial charge in [0.25, 0.3) is 0 Å². The van der Waals surface area contributed by atoms with Gasteiger partial charge in [-0.25, -0.2) is 4.79 Å². The number of hydrogen-bond donors (Lipinski definition) is 2. The zero-order chi connectivity index (χ0) is 32.2. The van der Waals surface area contributed by atoms with Crippen molar-refractivity contribution in [3.05, 3.63) is 77.4 Å². The summed E-state index contributed by atoms with van der Waals surface area (Å²) in [6.07, 6.45) is 8.86. The summed E-state index contributed by atoms with van der Waals surface area (Å²) in [6.45, 7) is 3.45. The predicted octanol–water partition coefficient (Wildman–Crippen LogP) is 4.49. The molecule has 1 heterocycles. The minimum Gasteiger partial charge on any atom is -0.446 e. The number of carbonyl (C=O) groups is 3. The smallest absolute Gasteiger partial charge is 0.407 e. The molecule has 0 radical (unpaired) electrons. The maximum absolute atomic E-state index is 13.3. The average Bonchev–Trinajstić information content (AvgIpc) is 3.04. The number of ether oxygens (including phenoxy) is 4. The Hall–Kier alpha value is -4.17. The normalized spacial score (nSPS) is 16.2. The van der Waals surface area contributed by atoms with Gasteiger partial charge in [0.15, 0.2) is 0 Å². The van der Waals surface area contributed by atoms with Crippen molar-refractivity contribution >= 4 is 23.6 Å². The van der Waals surface area contributed by atoms with Crippen molar-refractivity contribution in [3.63, 3.8) is 0 Å². The molecule has 0 unspecified atom stereocenters. The molecule has 1 aliphatic carbocycles. The third kappa shape index (κ3) is 12.3. The number of allylic oxidation sites excluding steroid dienone is 2. The lowest BCUT2D eigenvalue weighted by Gasteiger charge is -2.26. The third-order valence-electron chi connectivity index (χ3n) is 7.56. The maximum Gasteiger partial charge on any atom is 0.407 e. The summed E-state index contributed by atoms with van der Waals surface area (Å²) in [5, 5.41) is 5.53. The van der Waals surface area contributed by atoms with Crippen LogP contribution in [0.1, 0.15) is 61.6 Å². The molecule has 4 rings (SSSR count). The maximum atomic E-state index is 13.3. The van der Waals surface area contributed by atoms with Crippen LogP contribution >= 0.6 is 0 Å². The first-order valence-corrected chi connectivity index (χ1v) is 16.2. The molecule has 0 bridgehead atoms. The topological polar surface area (TPSA) is 115 Å². The number of benzene rings is 2. The molecule has 2 aromatic rings. The van der Waals surface area contributed by atoms with Crippen LogP contribution in [0.15, 0.2) is 60.7 Å². The number of alkyl carbamates (subject to hydrolysis) is 1. The highest BCUT2D eigenvalue weighted by Gasteiger charge is 2.21. The highest BCUT2D eigenvalue weighted by Crippen LogP contribution is 2.26. The van der Waals surface area contributed by atoms with E-state index < -0.39 is 6.09 Å². The summed E-state index contributed by atoms with van der Waals surface area (Å²) in [5.41, 5.74) is 3.41. The molecule has 46 heavy (non-hydrogen) atoms. The summed E-state index contributed by atoms with van der Waals surface area (Å²) >= 11 is 0. The van der Waals surface area contributed by atoms with Gasteiger partial charge in [0, 0.05) is 37.1 Å². The SMILES string of the molecule is O=C(CCC(=O)N1Cc2ccccc2C#Cc2ccccc21)NCCOCCOCCOCCNC(=O)O[C@@H]1CC/C=C\CCC1. The van der Waals surface area contributed by atoms with E-state index in [2.05, 4.69) is 34.6 Å². The Balaban J connectivity index is 0.991. The Morgan fingerprint density at radius 1 is 0.739 bits per heavy atom. The standard InChI is InChI=1S/C36H45N3O7/c40-34(18-19-35(41)39-28-31-12-7-6-10-29(31)16-17-30-11-8-9-15-33(30)39)37-20-22-43-24-26-45-27-25-44-23-21-38-36(42)46-32-13-4-2-1-3-5-14-32/h1-2,6-12,15,32H,3-5,13-14,18-28H2,(H,37,40)(H,38,42)/b2-1-/t32-/m1/s1. The lowest BCUT2D eigenvalue weighted by atomic mass is 10.0. The van der Waals surface area contributed by atoms with Crippen LogP contribution in [-0.2, 0) is 35.1 Å². The molecule has 2 aliphatic rings. The second-order valence-corrected chi connectivity index (χ2v) is 11.0. The molecule has 0 spiro atoms. The van der Waals surface area contributed by atoms with Gasteiger partial charge in [0.1, 0.15) is 6.10 Å². The van der Waals surface area contributed by atoms with Crippen molar-refractivity contribution in [2.24, 2.45) is 0 Å². The highest BCUT2D eigenvalue weighted by atomic mass is 16.6. The largest absolute Gasteiger partial charge is 0.446 e. The zero-order valence-corrected chi connectivity index (χ0v) is 26.5. The van der Waals surface area contributed by atoms with Crippen LogP contribution in [-0.4, -0.2) is 76.7 Å². The van der Waals surface area contributed by atoms with Gasteiger partial charge in [0.2, 0.25) is 11.8 Å². The summed E-state index contributed by atoms with van der Waals surface area (Å²) < 4.78 is 22.0. The van der Waals surface area contributed by atoms with Gasteiger partial charge in [-0.15, -0.1) is 0 Å². The number of anilines is 1. The minimum absolute atomic E-state index is 0.0254. The van der Waals surface area contributed by atoms with E-state index in [-0.39, 0.29) is 30.8 Å². The molecule has 10 nitrogen and oxygen atoms in total. The fraction of sp³-hybridized carbons (Fsp3) is 0.472. The first-order chi connectivity index (χ1) is 22.6.